The maximum atomic E-state index is 5.70. The molecule has 1 fully saturated rings. The van der Waals surface area contributed by atoms with Crippen LogP contribution in [0.15, 0.2) is 30.3 Å². The van der Waals surface area contributed by atoms with Gasteiger partial charge in [0, 0.05) is 16.9 Å². The summed E-state index contributed by atoms with van der Waals surface area (Å²) < 4.78 is 0. The predicted octanol–water partition coefficient (Wildman–Crippen LogP) is 4.36. The molecule has 0 saturated heterocycles. The lowest BCUT2D eigenvalue weighted by molar-refractivity contribution is 0.448. The molecular formula is C17H22N2S. The zero-order valence-corrected chi connectivity index (χ0v) is 12.7. The highest BCUT2D eigenvalue weighted by atomic mass is 32.1. The molecule has 0 aliphatic heterocycles. The van der Waals surface area contributed by atoms with E-state index in [0.717, 1.165) is 6.42 Å². The predicted molar refractivity (Wildman–Crippen MR) is 86.1 cm³/mol. The van der Waals surface area contributed by atoms with E-state index in [0.29, 0.717) is 12.5 Å². The van der Waals surface area contributed by atoms with Crippen molar-refractivity contribution in [1.29, 1.82) is 0 Å². The molecule has 2 nitrogen and oxygen atoms in total. The lowest BCUT2D eigenvalue weighted by atomic mass is 9.87. The van der Waals surface area contributed by atoms with Crippen molar-refractivity contribution in [1.82, 2.24) is 4.98 Å². The Morgan fingerprint density at radius 2 is 1.85 bits per heavy atom. The van der Waals surface area contributed by atoms with Crippen LogP contribution in [0.2, 0.25) is 0 Å². The van der Waals surface area contributed by atoms with E-state index in [4.69, 9.17) is 10.7 Å². The zero-order valence-electron chi connectivity index (χ0n) is 11.8. The third-order valence-electron chi connectivity index (χ3n) is 4.08. The summed E-state index contributed by atoms with van der Waals surface area (Å²) in [7, 11) is 0. The summed E-state index contributed by atoms with van der Waals surface area (Å²) in [5.74, 6) is 0.711. The number of benzene rings is 1. The molecule has 0 bridgehead atoms. The lowest BCUT2D eigenvalue weighted by Crippen LogP contribution is -2.03. The van der Waals surface area contributed by atoms with E-state index < -0.39 is 0 Å². The molecule has 0 amide bonds. The van der Waals surface area contributed by atoms with Crippen molar-refractivity contribution in [2.75, 3.05) is 6.54 Å². The summed E-state index contributed by atoms with van der Waals surface area (Å²) in [6, 6.07) is 10.6. The van der Waals surface area contributed by atoms with Gasteiger partial charge in [-0.25, -0.2) is 4.98 Å². The Morgan fingerprint density at radius 1 is 1.10 bits per heavy atom. The van der Waals surface area contributed by atoms with Gasteiger partial charge in [0.25, 0.3) is 0 Å². The molecule has 106 valence electrons. The summed E-state index contributed by atoms with van der Waals surface area (Å²) in [5.41, 5.74) is 8.17. The quantitative estimate of drug-likeness (QED) is 0.907. The Morgan fingerprint density at radius 3 is 2.55 bits per heavy atom. The van der Waals surface area contributed by atoms with Gasteiger partial charge in [0.05, 0.1) is 10.7 Å². The largest absolute Gasteiger partial charge is 0.330 e. The van der Waals surface area contributed by atoms with Crippen LogP contribution in [-0.2, 0) is 6.42 Å². The van der Waals surface area contributed by atoms with Gasteiger partial charge in [-0.1, -0.05) is 49.6 Å². The number of hydrogen-bond donors (Lipinski definition) is 1. The van der Waals surface area contributed by atoms with E-state index in [1.165, 1.54) is 53.2 Å². The lowest BCUT2D eigenvalue weighted by Gasteiger charge is -2.21. The molecule has 1 aromatic carbocycles. The summed E-state index contributed by atoms with van der Waals surface area (Å²) in [6.07, 6.45) is 7.67. The Labute approximate surface area is 125 Å². The van der Waals surface area contributed by atoms with Crippen LogP contribution in [0.4, 0.5) is 0 Å². The second kappa shape index (κ2) is 6.51. The van der Waals surface area contributed by atoms with Gasteiger partial charge in [-0.15, -0.1) is 11.3 Å². The summed E-state index contributed by atoms with van der Waals surface area (Å²) in [6.45, 7) is 0.686. The zero-order chi connectivity index (χ0) is 13.8. The molecule has 3 rings (SSSR count). The van der Waals surface area contributed by atoms with E-state index in [-0.39, 0.29) is 0 Å². The van der Waals surface area contributed by atoms with E-state index in [1.807, 2.05) is 11.3 Å². The Bertz CT molecular complexity index is 541. The minimum atomic E-state index is 0.686. The first kappa shape index (κ1) is 13.8. The van der Waals surface area contributed by atoms with E-state index in [9.17, 15) is 0 Å². The molecule has 0 atom stereocenters. The monoisotopic (exact) mass is 286 g/mol. The van der Waals surface area contributed by atoms with Gasteiger partial charge >= 0.3 is 0 Å². The second-order valence-corrected chi connectivity index (χ2v) is 6.68. The SMILES string of the molecule is NCCc1nc(-c2ccccc2)c(C2CCCCC2)s1. The van der Waals surface area contributed by atoms with Gasteiger partial charge in [0.2, 0.25) is 0 Å². The molecule has 1 aliphatic rings. The number of nitrogens with two attached hydrogens (primary N) is 1. The number of hydrogen-bond acceptors (Lipinski definition) is 3. The van der Waals surface area contributed by atoms with Crippen molar-refractivity contribution in [3.05, 3.63) is 40.2 Å². The second-order valence-electron chi connectivity index (χ2n) is 5.56. The minimum Gasteiger partial charge on any atom is -0.330 e. The van der Waals surface area contributed by atoms with E-state index in [1.54, 1.807) is 0 Å². The Kier molecular flexibility index (Phi) is 4.48. The summed E-state index contributed by atoms with van der Waals surface area (Å²) >= 11 is 1.89. The van der Waals surface area contributed by atoms with Crippen LogP contribution < -0.4 is 5.73 Å². The fourth-order valence-corrected chi connectivity index (χ4v) is 4.33. The van der Waals surface area contributed by atoms with Crippen molar-refractivity contribution in [2.24, 2.45) is 5.73 Å². The van der Waals surface area contributed by atoms with Crippen molar-refractivity contribution in [3.8, 4) is 11.3 Å². The smallest absolute Gasteiger partial charge is 0.0948 e. The normalized spacial score (nSPS) is 16.4. The highest BCUT2D eigenvalue weighted by Gasteiger charge is 2.23. The third-order valence-corrected chi connectivity index (χ3v) is 5.36. The maximum absolute atomic E-state index is 5.70. The highest BCUT2D eigenvalue weighted by molar-refractivity contribution is 7.12. The average Bonchev–Trinajstić information content (AvgIpc) is 2.93. The molecule has 0 spiro atoms. The maximum Gasteiger partial charge on any atom is 0.0948 e. The molecule has 1 saturated carbocycles. The van der Waals surface area contributed by atoms with Gasteiger partial charge in [-0.3, -0.25) is 0 Å². The summed E-state index contributed by atoms with van der Waals surface area (Å²) in [5, 5.41) is 1.20. The van der Waals surface area contributed by atoms with Crippen molar-refractivity contribution in [2.45, 2.75) is 44.4 Å². The fourth-order valence-electron chi connectivity index (χ4n) is 3.05. The molecule has 1 aliphatic carbocycles. The number of aromatic nitrogens is 1. The van der Waals surface area contributed by atoms with Gasteiger partial charge in [-0.05, 0) is 25.3 Å². The van der Waals surface area contributed by atoms with Crippen molar-refractivity contribution in [3.63, 3.8) is 0 Å². The van der Waals surface area contributed by atoms with Crippen LogP contribution in [0.1, 0.15) is 47.9 Å². The Balaban J connectivity index is 1.97. The van der Waals surface area contributed by atoms with Crippen molar-refractivity contribution >= 4 is 11.3 Å². The summed E-state index contributed by atoms with van der Waals surface area (Å²) in [4.78, 5) is 6.38. The first-order valence-corrected chi connectivity index (χ1v) is 8.45. The van der Waals surface area contributed by atoms with Crippen molar-refractivity contribution < 1.29 is 0 Å². The fraction of sp³-hybridized carbons (Fsp3) is 0.471. The molecule has 2 aromatic rings. The van der Waals surface area contributed by atoms with Gasteiger partial charge in [-0.2, -0.15) is 0 Å². The third kappa shape index (κ3) is 2.94. The highest BCUT2D eigenvalue weighted by Crippen LogP contribution is 2.41. The minimum absolute atomic E-state index is 0.686. The van der Waals surface area contributed by atoms with Crippen LogP contribution >= 0.6 is 11.3 Å². The topological polar surface area (TPSA) is 38.9 Å². The molecule has 1 heterocycles. The van der Waals surface area contributed by atoms with Crippen LogP contribution in [0.5, 0.6) is 0 Å². The number of rotatable bonds is 4. The van der Waals surface area contributed by atoms with E-state index >= 15 is 0 Å². The van der Waals surface area contributed by atoms with Gasteiger partial charge in [0.1, 0.15) is 0 Å². The van der Waals surface area contributed by atoms with Crippen LogP contribution in [0, 0.1) is 0 Å². The molecular weight excluding hydrogens is 264 g/mol. The van der Waals surface area contributed by atoms with Gasteiger partial charge < -0.3 is 5.73 Å². The average molecular weight is 286 g/mol. The standard InChI is InChI=1S/C17H22N2S/c18-12-11-15-19-16(13-7-3-1-4-8-13)17(20-15)14-9-5-2-6-10-14/h1,3-4,7-8,14H,2,5-6,9-12,18H2. The first-order valence-electron chi connectivity index (χ1n) is 7.63. The van der Waals surface area contributed by atoms with Crippen LogP contribution in [0.3, 0.4) is 0 Å². The first-order chi connectivity index (χ1) is 9.88. The molecule has 0 unspecified atom stereocenters. The number of thiazole rings is 1. The molecule has 1 aromatic heterocycles. The number of nitrogens with zero attached hydrogens (tertiary/aromatic N) is 1. The molecule has 0 radical (unpaired) electrons. The molecule has 3 heteroatoms. The van der Waals surface area contributed by atoms with E-state index in [2.05, 4.69) is 30.3 Å². The Hall–Kier alpha value is -1.19. The molecule has 2 N–H and O–H groups in total. The van der Waals surface area contributed by atoms with Crippen LogP contribution in [0.25, 0.3) is 11.3 Å². The van der Waals surface area contributed by atoms with Crippen LogP contribution in [-0.4, -0.2) is 11.5 Å². The molecule has 20 heavy (non-hydrogen) atoms. The van der Waals surface area contributed by atoms with Gasteiger partial charge in [0.15, 0.2) is 0 Å².